The molecule has 6 heteroatoms. The number of ketones is 1. The number of carboxylic acids is 1. The van der Waals surface area contributed by atoms with Gasteiger partial charge in [-0.05, 0) is 37.1 Å². The van der Waals surface area contributed by atoms with Crippen molar-refractivity contribution in [2.75, 3.05) is 7.11 Å². The number of hydrogen-bond donors (Lipinski definition) is 2. The number of imidazole rings is 1. The number of nitrogens with one attached hydrogen (secondary N) is 1. The van der Waals surface area contributed by atoms with E-state index in [1.807, 2.05) is 13.8 Å². The molecule has 2 N–H and O–H groups in total. The number of methoxy groups -OCH3 is 1. The Morgan fingerprint density at radius 2 is 1.85 bits per heavy atom. The van der Waals surface area contributed by atoms with E-state index in [1.54, 1.807) is 19.2 Å². The highest BCUT2D eigenvalue weighted by Crippen LogP contribution is 2.25. The van der Waals surface area contributed by atoms with Gasteiger partial charge >= 0.3 is 5.97 Å². The number of H-pyrrole nitrogens is 1. The first-order valence-electron chi connectivity index (χ1n) is 5.92. The second-order valence-electron chi connectivity index (χ2n) is 4.40. The molecule has 1 aromatic carbocycles. The first-order valence-corrected chi connectivity index (χ1v) is 5.92. The molecule has 0 aliphatic heterocycles. The van der Waals surface area contributed by atoms with Gasteiger partial charge in [0.1, 0.15) is 11.4 Å². The molecular formula is C14H14N2O4. The average Bonchev–Trinajstić information content (AvgIpc) is 2.86. The molecule has 0 saturated carbocycles. The largest absolute Gasteiger partial charge is 0.496 e. The van der Waals surface area contributed by atoms with E-state index >= 15 is 0 Å². The van der Waals surface area contributed by atoms with E-state index in [9.17, 15) is 9.59 Å². The molecule has 0 amide bonds. The van der Waals surface area contributed by atoms with Crippen molar-refractivity contribution in [1.82, 2.24) is 9.97 Å². The number of carbonyl (C=O) groups is 2. The molecule has 0 saturated heterocycles. The average molecular weight is 274 g/mol. The summed E-state index contributed by atoms with van der Waals surface area (Å²) in [6.45, 7) is 3.65. The highest BCUT2D eigenvalue weighted by atomic mass is 16.5. The maximum Gasteiger partial charge on any atom is 0.354 e. The summed E-state index contributed by atoms with van der Waals surface area (Å²) in [6.07, 6.45) is 1.19. The number of hydrogen-bond acceptors (Lipinski definition) is 4. The van der Waals surface area contributed by atoms with Gasteiger partial charge in [-0.15, -0.1) is 0 Å². The Hall–Kier alpha value is -2.63. The van der Waals surface area contributed by atoms with Crippen LogP contribution in [0.25, 0.3) is 0 Å². The van der Waals surface area contributed by atoms with E-state index in [2.05, 4.69) is 9.97 Å². The third-order valence-electron chi connectivity index (χ3n) is 2.99. The SMILES string of the molecule is COc1c(C)cc(C(=O)c2nc[nH]c2C(=O)O)cc1C. The molecule has 2 rings (SSSR count). The van der Waals surface area contributed by atoms with Crippen LogP contribution in [0.15, 0.2) is 18.5 Å². The first-order chi connectivity index (χ1) is 9.45. The lowest BCUT2D eigenvalue weighted by Crippen LogP contribution is -2.10. The molecular weight excluding hydrogens is 260 g/mol. The van der Waals surface area contributed by atoms with Gasteiger partial charge in [0, 0.05) is 5.56 Å². The van der Waals surface area contributed by atoms with Gasteiger partial charge in [0.25, 0.3) is 0 Å². The summed E-state index contributed by atoms with van der Waals surface area (Å²) in [5, 5.41) is 9.00. The molecule has 0 fully saturated rings. The zero-order valence-corrected chi connectivity index (χ0v) is 11.4. The maximum atomic E-state index is 12.4. The summed E-state index contributed by atoms with van der Waals surface area (Å²) in [7, 11) is 1.56. The minimum Gasteiger partial charge on any atom is -0.496 e. The monoisotopic (exact) mass is 274 g/mol. The zero-order chi connectivity index (χ0) is 14.9. The van der Waals surface area contributed by atoms with Crippen LogP contribution in [0.1, 0.15) is 37.7 Å². The summed E-state index contributed by atoms with van der Waals surface area (Å²) in [5.41, 5.74) is 1.70. The van der Waals surface area contributed by atoms with E-state index in [0.29, 0.717) is 11.3 Å². The topological polar surface area (TPSA) is 92.3 Å². The van der Waals surface area contributed by atoms with Crippen molar-refractivity contribution in [2.24, 2.45) is 0 Å². The van der Waals surface area contributed by atoms with Gasteiger partial charge in [0.2, 0.25) is 5.78 Å². The van der Waals surface area contributed by atoms with Gasteiger partial charge in [-0.3, -0.25) is 4.79 Å². The van der Waals surface area contributed by atoms with Crippen molar-refractivity contribution in [3.63, 3.8) is 0 Å². The lowest BCUT2D eigenvalue weighted by Gasteiger charge is -2.10. The van der Waals surface area contributed by atoms with Gasteiger partial charge in [-0.25, -0.2) is 9.78 Å². The number of rotatable bonds is 4. The highest BCUT2D eigenvalue weighted by molar-refractivity contribution is 6.12. The number of nitrogens with zero attached hydrogens (tertiary/aromatic N) is 1. The first kappa shape index (κ1) is 13.8. The lowest BCUT2D eigenvalue weighted by molar-refractivity contribution is 0.0687. The van der Waals surface area contributed by atoms with Crippen LogP contribution in [-0.2, 0) is 0 Å². The summed E-state index contributed by atoms with van der Waals surface area (Å²) in [5.74, 6) is -0.938. The fraction of sp³-hybridized carbons (Fsp3) is 0.214. The van der Waals surface area contributed by atoms with Crippen LogP contribution in [-0.4, -0.2) is 33.9 Å². The number of ether oxygens (including phenoxy) is 1. The third-order valence-corrected chi connectivity index (χ3v) is 2.99. The predicted octanol–water partition coefficient (Wildman–Crippen LogP) is 1.96. The van der Waals surface area contributed by atoms with Crippen LogP contribution in [0.3, 0.4) is 0 Å². The summed E-state index contributed by atoms with van der Waals surface area (Å²) < 4.78 is 5.24. The number of carbonyl (C=O) groups excluding carboxylic acids is 1. The van der Waals surface area contributed by atoms with Crippen LogP contribution in [0.2, 0.25) is 0 Å². The van der Waals surface area contributed by atoms with Gasteiger partial charge in [-0.1, -0.05) is 0 Å². The Morgan fingerprint density at radius 1 is 1.25 bits per heavy atom. The van der Waals surface area contributed by atoms with Gasteiger partial charge in [0.15, 0.2) is 5.69 Å². The minimum absolute atomic E-state index is 0.0959. The van der Waals surface area contributed by atoms with Crippen molar-refractivity contribution in [2.45, 2.75) is 13.8 Å². The highest BCUT2D eigenvalue weighted by Gasteiger charge is 2.22. The fourth-order valence-electron chi connectivity index (χ4n) is 2.17. The Balaban J connectivity index is 2.49. The van der Waals surface area contributed by atoms with Crippen molar-refractivity contribution >= 4 is 11.8 Å². The molecule has 6 nitrogen and oxygen atoms in total. The van der Waals surface area contributed by atoms with Crippen molar-refractivity contribution < 1.29 is 19.4 Å². The summed E-state index contributed by atoms with van der Waals surface area (Å²) in [4.78, 5) is 29.6. The van der Waals surface area contributed by atoms with E-state index in [0.717, 1.165) is 11.1 Å². The fourth-order valence-corrected chi connectivity index (χ4v) is 2.17. The number of carboxylic acid groups (broad SMARTS) is 1. The number of aromatic nitrogens is 2. The third kappa shape index (κ3) is 2.27. The van der Waals surface area contributed by atoms with E-state index < -0.39 is 11.8 Å². The van der Waals surface area contributed by atoms with Crippen LogP contribution < -0.4 is 4.74 Å². The number of aryl methyl sites for hydroxylation is 2. The van der Waals surface area contributed by atoms with E-state index in [4.69, 9.17) is 9.84 Å². The number of aromatic amines is 1. The van der Waals surface area contributed by atoms with Gasteiger partial charge in [0.05, 0.1) is 13.4 Å². The predicted molar refractivity (Wildman–Crippen MR) is 71.4 cm³/mol. The molecule has 0 aliphatic rings. The van der Waals surface area contributed by atoms with Crippen molar-refractivity contribution in [3.05, 3.63) is 46.5 Å². The summed E-state index contributed by atoms with van der Waals surface area (Å²) >= 11 is 0. The van der Waals surface area contributed by atoms with Gasteiger partial charge in [-0.2, -0.15) is 0 Å². The van der Waals surface area contributed by atoms with Crippen LogP contribution in [0, 0.1) is 13.8 Å². The normalized spacial score (nSPS) is 10.3. The quantitative estimate of drug-likeness (QED) is 0.831. The van der Waals surface area contributed by atoms with E-state index in [-0.39, 0.29) is 11.4 Å². The minimum atomic E-state index is -1.21. The number of benzene rings is 1. The Morgan fingerprint density at radius 3 is 2.35 bits per heavy atom. The van der Waals surface area contributed by atoms with Gasteiger partial charge < -0.3 is 14.8 Å². The van der Waals surface area contributed by atoms with Crippen LogP contribution >= 0.6 is 0 Å². The molecule has 2 aromatic rings. The molecule has 0 atom stereocenters. The maximum absolute atomic E-state index is 12.4. The van der Waals surface area contributed by atoms with Crippen molar-refractivity contribution in [1.29, 1.82) is 0 Å². The van der Waals surface area contributed by atoms with Crippen molar-refractivity contribution in [3.8, 4) is 5.75 Å². The Labute approximate surface area is 115 Å². The van der Waals surface area contributed by atoms with Crippen LogP contribution in [0.4, 0.5) is 0 Å². The van der Waals surface area contributed by atoms with Crippen LogP contribution in [0.5, 0.6) is 5.75 Å². The number of aromatic carboxylic acids is 1. The Kier molecular flexibility index (Phi) is 3.56. The molecule has 20 heavy (non-hydrogen) atoms. The standard InChI is InChI=1S/C14H14N2O4/c1-7-4-9(5-8(2)13(7)20-3)12(17)10-11(14(18)19)16-6-15-10/h4-6H,1-3H3,(H,15,16)(H,18,19). The molecule has 1 aromatic heterocycles. The smallest absolute Gasteiger partial charge is 0.354 e. The molecule has 1 heterocycles. The van der Waals surface area contributed by atoms with E-state index in [1.165, 1.54) is 6.33 Å². The molecule has 0 unspecified atom stereocenters. The molecule has 104 valence electrons. The molecule has 0 spiro atoms. The zero-order valence-electron chi connectivity index (χ0n) is 11.4. The molecule has 0 radical (unpaired) electrons. The second-order valence-corrected chi connectivity index (χ2v) is 4.40. The second kappa shape index (κ2) is 5.16. The Bertz CT molecular complexity index is 665. The summed E-state index contributed by atoms with van der Waals surface area (Å²) in [6, 6.07) is 3.32. The molecule has 0 bridgehead atoms. The molecule has 0 aliphatic carbocycles. The lowest BCUT2D eigenvalue weighted by atomic mass is 10.0.